The molecule has 0 atom stereocenters. The van der Waals surface area contributed by atoms with E-state index in [1.54, 1.807) is 11.3 Å². The van der Waals surface area contributed by atoms with Crippen molar-refractivity contribution < 1.29 is 0 Å². The van der Waals surface area contributed by atoms with Gasteiger partial charge in [0.1, 0.15) is 11.1 Å². The van der Waals surface area contributed by atoms with Crippen molar-refractivity contribution in [1.82, 2.24) is 23.3 Å². The SMILES string of the molecule is N#Cc1c(-c2nc3ccccc3s2)c(-c2cccc3c4ccccc4n(-c4ccccc4)c23)c(-c2cccc3c4ccccc4n(-c4ccccc4)c23)c(-c2cccc3c4ccccc4n(-c4ccccc4)c23)c1-c1cccc2c3ccccc3n(-c3ccccc3)c12. The quantitative estimate of drug-likeness (QED) is 0.145. The maximum Gasteiger partial charge on any atom is 0.126 e. The molecule has 0 saturated carbocycles. The molecule has 0 amide bonds. The molecule has 0 radical (unpaired) electrons. The van der Waals surface area contributed by atoms with Gasteiger partial charge in [0.2, 0.25) is 0 Å². The van der Waals surface area contributed by atoms with Crippen LogP contribution in [0.2, 0.25) is 0 Å². The zero-order valence-corrected chi connectivity index (χ0v) is 50.9. The van der Waals surface area contributed by atoms with E-state index < -0.39 is 0 Å². The first kappa shape index (κ1) is 52.6. The third-order valence-corrected chi connectivity index (χ3v) is 20.1. The molecule has 0 aliphatic rings. The monoisotopic (exact) mass is 1200 g/mol. The summed E-state index contributed by atoms with van der Waals surface area (Å²) in [5, 5.41) is 22.9. The molecule has 93 heavy (non-hydrogen) atoms. The van der Waals surface area contributed by atoms with Gasteiger partial charge in [-0.3, -0.25) is 0 Å². The lowest BCUT2D eigenvalue weighted by molar-refractivity contribution is 1.18. The number of nitriles is 1. The molecule has 19 aromatic rings. The van der Waals surface area contributed by atoms with Gasteiger partial charge in [-0.2, -0.15) is 5.26 Å². The number of para-hydroxylation sites is 13. The Hall–Kier alpha value is -12.3. The number of nitrogens with zero attached hydrogens (tertiary/aromatic N) is 6. The summed E-state index contributed by atoms with van der Waals surface area (Å²) in [6.07, 6.45) is 0. The summed E-state index contributed by atoms with van der Waals surface area (Å²) in [7, 11) is 0. The van der Waals surface area contributed by atoms with Gasteiger partial charge in [0.05, 0.1) is 59.9 Å². The van der Waals surface area contributed by atoms with Crippen LogP contribution in [0.25, 0.3) is 175 Å². The van der Waals surface area contributed by atoms with Crippen molar-refractivity contribution in [1.29, 1.82) is 5.26 Å². The molecular formula is C86H52N6S. The largest absolute Gasteiger partial charge is 0.309 e. The van der Waals surface area contributed by atoms with Gasteiger partial charge >= 0.3 is 0 Å². The summed E-state index contributed by atoms with van der Waals surface area (Å²) >= 11 is 1.65. The zero-order valence-electron chi connectivity index (χ0n) is 50.1. The molecule has 0 N–H and O–H groups in total. The molecule has 5 heterocycles. The second kappa shape index (κ2) is 20.9. The highest BCUT2D eigenvalue weighted by atomic mass is 32.1. The highest BCUT2D eigenvalue weighted by Crippen LogP contribution is 2.59. The highest BCUT2D eigenvalue weighted by Gasteiger charge is 2.36. The van der Waals surface area contributed by atoms with Crippen molar-refractivity contribution in [3.05, 3.63) is 321 Å². The maximum absolute atomic E-state index is 13.3. The van der Waals surface area contributed by atoms with Crippen molar-refractivity contribution in [2.75, 3.05) is 0 Å². The van der Waals surface area contributed by atoms with Crippen LogP contribution in [0.15, 0.2) is 315 Å². The zero-order chi connectivity index (χ0) is 61.3. The molecule has 0 bridgehead atoms. The van der Waals surface area contributed by atoms with E-state index in [1.807, 2.05) is 0 Å². The number of thiazole rings is 1. The van der Waals surface area contributed by atoms with Crippen LogP contribution in [0.1, 0.15) is 5.56 Å². The highest BCUT2D eigenvalue weighted by molar-refractivity contribution is 7.21. The molecule has 0 aliphatic carbocycles. The van der Waals surface area contributed by atoms with Crippen molar-refractivity contribution in [2.45, 2.75) is 0 Å². The summed E-state index contributed by atoms with van der Waals surface area (Å²) in [6, 6.07) is 117. The molecule has 14 aromatic carbocycles. The average molecular weight is 1200 g/mol. The number of hydrogen-bond acceptors (Lipinski definition) is 3. The predicted molar refractivity (Wildman–Crippen MR) is 389 cm³/mol. The van der Waals surface area contributed by atoms with Crippen LogP contribution in [-0.2, 0) is 0 Å². The van der Waals surface area contributed by atoms with Gasteiger partial charge in [0.15, 0.2) is 0 Å². The summed E-state index contributed by atoms with van der Waals surface area (Å²) in [5.74, 6) is 0. The average Bonchev–Trinajstić information content (AvgIpc) is 1.68. The Labute approximate surface area is 538 Å². The molecular weight excluding hydrogens is 1150 g/mol. The topological polar surface area (TPSA) is 56.4 Å². The Morgan fingerprint density at radius 1 is 0.258 bits per heavy atom. The smallest absolute Gasteiger partial charge is 0.126 e. The Morgan fingerprint density at radius 2 is 0.538 bits per heavy atom. The van der Waals surface area contributed by atoms with Gasteiger partial charge < -0.3 is 18.3 Å². The van der Waals surface area contributed by atoms with Crippen LogP contribution in [0.5, 0.6) is 0 Å². The van der Waals surface area contributed by atoms with Crippen LogP contribution < -0.4 is 0 Å². The second-order valence-corrected chi connectivity index (χ2v) is 24.9. The first-order chi connectivity index (χ1) is 46.2. The lowest BCUT2D eigenvalue weighted by Gasteiger charge is -2.28. The first-order valence-corrected chi connectivity index (χ1v) is 32.3. The minimum absolute atomic E-state index is 0.523. The first-order valence-electron chi connectivity index (χ1n) is 31.5. The van der Waals surface area contributed by atoms with Crippen LogP contribution in [0.3, 0.4) is 0 Å². The molecule has 0 spiro atoms. The molecule has 432 valence electrons. The van der Waals surface area contributed by atoms with E-state index in [0.717, 1.165) is 175 Å². The second-order valence-electron chi connectivity index (χ2n) is 23.9. The molecule has 6 nitrogen and oxygen atoms in total. The Morgan fingerprint density at radius 3 is 0.882 bits per heavy atom. The van der Waals surface area contributed by atoms with Gasteiger partial charge in [-0.1, -0.05) is 231 Å². The summed E-state index contributed by atoms with van der Waals surface area (Å²) in [5.41, 5.74) is 22.1. The summed E-state index contributed by atoms with van der Waals surface area (Å²) < 4.78 is 10.8. The molecule has 19 rings (SSSR count). The third kappa shape index (κ3) is 7.77. The van der Waals surface area contributed by atoms with Crippen molar-refractivity contribution in [3.8, 4) is 83.9 Å². The molecule has 7 heteroatoms. The number of aromatic nitrogens is 5. The lowest BCUT2D eigenvalue weighted by Crippen LogP contribution is -2.06. The predicted octanol–water partition coefficient (Wildman–Crippen LogP) is 22.9. The number of fused-ring (bicyclic) bond motifs is 13. The molecule has 0 unspecified atom stereocenters. The Balaban J connectivity index is 1.15. The standard InChI is InChI=1S/C86H52N6S/c87-53-70-77(66-43-23-39-62-58-35-13-18-48-72(58)89(82(62)66)54-27-5-1-6-28-54)78(67-44-24-40-63-59-36-14-19-49-73(59)90(83(63)67)55-29-7-2-8-30-55)79(68-45-25-41-64-60-37-15-20-50-74(60)91(84(64)68)56-31-9-3-10-32-56)80(81(70)86-88-71-47-17-22-52-76(71)93-86)69-46-26-42-65-61-38-16-21-51-75(61)92(85(65)69)57-33-11-4-12-34-57/h1-52H. The maximum atomic E-state index is 13.3. The summed E-state index contributed by atoms with van der Waals surface area (Å²) in [6.45, 7) is 0. The minimum Gasteiger partial charge on any atom is -0.309 e. The van der Waals surface area contributed by atoms with Gasteiger partial charge in [-0.15, -0.1) is 11.3 Å². The van der Waals surface area contributed by atoms with E-state index in [0.29, 0.717) is 5.56 Å². The Kier molecular flexibility index (Phi) is 11.8. The fourth-order valence-corrected chi connectivity index (χ4v) is 16.4. The van der Waals surface area contributed by atoms with E-state index >= 15 is 0 Å². The molecule has 5 aromatic heterocycles. The van der Waals surface area contributed by atoms with Gasteiger partial charge in [-0.25, -0.2) is 4.98 Å². The summed E-state index contributed by atoms with van der Waals surface area (Å²) in [4.78, 5) is 5.76. The number of benzene rings is 14. The minimum atomic E-state index is 0.523. The van der Waals surface area contributed by atoms with Crippen molar-refractivity contribution in [2.24, 2.45) is 0 Å². The van der Waals surface area contributed by atoms with Gasteiger partial charge in [0.25, 0.3) is 0 Å². The van der Waals surface area contributed by atoms with Crippen LogP contribution in [0.4, 0.5) is 0 Å². The Bertz CT molecular complexity index is 6260. The number of rotatable bonds is 9. The van der Waals surface area contributed by atoms with Gasteiger partial charge in [-0.05, 0) is 84.9 Å². The van der Waals surface area contributed by atoms with Gasteiger partial charge in [0, 0.05) is 116 Å². The fourth-order valence-electron chi connectivity index (χ4n) is 15.4. The van der Waals surface area contributed by atoms with E-state index in [-0.39, 0.29) is 0 Å². The molecule has 0 fully saturated rings. The normalized spacial score (nSPS) is 11.9. The van der Waals surface area contributed by atoms with E-state index in [1.165, 1.54) is 0 Å². The molecule has 0 saturated heterocycles. The van der Waals surface area contributed by atoms with E-state index in [9.17, 15) is 5.26 Å². The van der Waals surface area contributed by atoms with Crippen LogP contribution in [-0.4, -0.2) is 23.3 Å². The van der Waals surface area contributed by atoms with Crippen LogP contribution in [0, 0.1) is 11.3 Å². The van der Waals surface area contributed by atoms with Crippen molar-refractivity contribution in [3.63, 3.8) is 0 Å². The van der Waals surface area contributed by atoms with E-state index in [2.05, 4.69) is 340 Å². The lowest BCUT2D eigenvalue weighted by atomic mass is 9.76. The fraction of sp³-hybridized carbons (Fsp3) is 0. The third-order valence-electron chi connectivity index (χ3n) is 19.0. The number of hydrogen-bond donors (Lipinski definition) is 0. The van der Waals surface area contributed by atoms with Crippen molar-refractivity contribution >= 4 is 109 Å². The van der Waals surface area contributed by atoms with E-state index in [4.69, 9.17) is 4.98 Å². The van der Waals surface area contributed by atoms with Crippen LogP contribution >= 0.6 is 11.3 Å². The molecule has 0 aliphatic heterocycles.